The van der Waals surface area contributed by atoms with Crippen LogP contribution in [0.5, 0.6) is 0 Å². The zero-order valence-corrected chi connectivity index (χ0v) is 16.9. The third-order valence-electron chi connectivity index (χ3n) is 4.41. The fourth-order valence-corrected chi connectivity index (χ4v) is 4.28. The second-order valence-electron chi connectivity index (χ2n) is 6.26. The van der Waals surface area contributed by atoms with Crippen LogP contribution in [0.1, 0.15) is 11.3 Å². The quantitative estimate of drug-likeness (QED) is 0.429. The van der Waals surface area contributed by atoms with E-state index in [-0.39, 0.29) is 5.82 Å². The minimum atomic E-state index is -0.277. The Hall–Kier alpha value is -2.64. The molecule has 142 valence electrons. The molecule has 2 heterocycles. The van der Waals surface area contributed by atoms with Gasteiger partial charge >= 0.3 is 0 Å². The van der Waals surface area contributed by atoms with Crippen LogP contribution in [-0.4, -0.2) is 24.5 Å². The summed E-state index contributed by atoms with van der Waals surface area (Å²) in [6.45, 7) is 1.95. The maximum Gasteiger partial charge on any atom is 0.191 e. The lowest BCUT2D eigenvalue weighted by Gasteiger charge is -2.05. The van der Waals surface area contributed by atoms with E-state index in [0.717, 1.165) is 27.7 Å². The van der Waals surface area contributed by atoms with Crippen molar-refractivity contribution < 1.29 is 4.39 Å². The van der Waals surface area contributed by atoms with E-state index in [1.54, 1.807) is 16.8 Å². The first-order valence-corrected chi connectivity index (χ1v) is 9.98. The number of nitrogens with zero attached hydrogens (tertiary/aromatic N) is 5. The van der Waals surface area contributed by atoms with Gasteiger partial charge in [0.1, 0.15) is 11.0 Å². The number of hydrogen-bond acceptors (Lipinski definition) is 4. The number of halogens is 2. The highest BCUT2D eigenvalue weighted by Gasteiger charge is 2.17. The van der Waals surface area contributed by atoms with E-state index in [1.165, 1.54) is 23.9 Å². The topological polar surface area (TPSA) is 48.5 Å². The minimum Gasteiger partial charge on any atom is -0.305 e. The molecule has 0 N–H and O–H groups in total. The fraction of sp³-hybridized carbons (Fsp3) is 0.150. The summed E-state index contributed by atoms with van der Waals surface area (Å²) in [6, 6.07) is 16.0. The highest BCUT2D eigenvalue weighted by Crippen LogP contribution is 2.31. The molecule has 0 radical (unpaired) electrons. The molecule has 0 aliphatic rings. The van der Waals surface area contributed by atoms with Crippen LogP contribution >= 0.6 is 23.4 Å². The maximum atomic E-state index is 13.1. The third kappa shape index (κ3) is 3.55. The van der Waals surface area contributed by atoms with Crippen LogP contribution in [0.15, 0.2) is 59.8 Å². The molecule has 0 aliphatic carbocycles. The van der Waals surface area contributed by atoms with Crippen LogP contribution < -0.4 is 0 Å². The van der Waals surface area contributed by atoms with E-state index in [1.807, 2.05) is 48.9 Å². The molecule has 0 fully saturated rings. The van der Waals surface area contributed by atoms with Gasteiger partial charge in [0.2, 0.25) is 0 Å². The standard InChI is InChI=1S/C20H17ClFN5S/c1-13-17(18(21)27(25-13)16-6-4-3-5-7-16)12-28-20-24-23-19(26(20)2)14-8-10-15(22)11-9-14/h3-11H,12H2,1-2H3. The summed E-state index contributed by atoms with van der Waals surface area (Å²) < 4.78 is 16.8. The van der Waals surface area contributed by atoms with Gasteiger partial charge in [-0.05, 0) is 43.3 Å². The summed E-state index contributed by atoms with van der Waals surface area (Å²) >= 11 is 8.13. The SMILES string of the molecule is Cc1nn(-c2ccccc2)c(Cl)c1CSc1nnc(-c2ccc(F)cc2)n1C. The second kappa shape index (κ2) is 7.77. The summed E-state index contributed by atoms with van der Waals surface area (Å²) in [6.07, 6.45) is 0. The largest absolute Gasteiger partial charge is 0.305 e. The van der Waals surface area contributed by atoms with Crippen LogP contribution in [0, 0.1) is 12.7 Å². The highest BCUT2D eigenvalue weighted by atomic mass is 35.5. The molecule has 28 heavy (non-hydrogen) atoms. The maximum absolute atomic E-state index is 13.1. The molecular formula is C20H17ClFN5S. The van der Waals surface area contributed by atoms with Crippen molar-refractivity contribution in [1.29, 1.82) is 0 Å². The molecule has 0 saturated heterocycles. The van der Waals surface area contributed by atoms with Crippen LogP contribution in [-0.2, 0) is 12.8 Å². The Kier molecular flexibility index (Phi) is 5.19. The summed E-state index contributed by atoms with van der Waals surface area (Å²) in [5.74, 6) is 1.03. The van der Waals surface area contributed by atoms with Crippen molar-refractivity contribution in [3.8, 4) is 17.1 Å². The second-order valence-corrected chi connectivity index (χ2v) is 7.56. The highest BCUT2D eigenvalue weighted by molar-refractivity contribution is 7.98. The minimum absolute atomic E-state index is 0.277. The molecule has 0 saturated carbocycles. The Balaban J connectivity index is 1.56. The number of thioether (sulfide) groups is 1. The van der Waals surface area contributed by atoms with Crippen LogP contribution in [0.4, 0.5) is 4.39 Å². The number of rotatable bonds is 5. The first kappa shape index (κ1) is 18.7. The van der Waals surface area contributed by atoms with Crippen molar-refractivity contribution in [2.75, 3.05) is 0 Å². The predicted octanol–water partition coefficient (Wildman–Crippen LogP) is 5.06. The van der Waals surface area contributed by atoms with Gasteiger partial charge in [-0.1, -0.05) is 41.6 Å². The van der Waals surface area contributed by atoms with Gasteiger partial charge in [0.05, 0.1) is 11.4 Å². The third-order valence-corrected chi connectivity index (χ3v) is 5.84. The van der Waals surface area contributed by atoms with Gasteiger partial charge in [0.15, 0.2) is 11.0 Å². The molecule has 0 aliphatic heterocycles. The van der Waals surface area contributed by atoms with Crippen molar-refractivity contribution in [3.63, 3.8) is 0 Å². The summed E-state index contributed by atoms with van der Waals surface area (Å²) in [7, 11) is 1.89. The van der Waals surface area contributed by atoms with Crippen LogP contribution in [0.25, 0.3) is 17.1 Å². The lowest BCUT2D eigenvalue weighted by atomic mass is 10.2. The average molecular weight is 414 g/mol. The monoisotopic (exact) mass is 413 g/mol. The smallest absolute Gasteiger partial charge is 0.191 e. The molecule has 0 unspecified atom stereocenters. The van der Waals surface area contributed by atoms with E-state index in [4.69, 9.17) is 11.6 Å². The zero-order valence-electron chi connectivity index (χ0n) is 15.3. The van der Waals surface area contributed by atoms with Gasteiger partial charge in [-0.25, -0.2) is 9.07 Å². The molecule has 0 amide bonds. The Morgan fingerprint density at radius 1 is 1.04 bits per heavy atom. The van der Waals surface area contributed by atoms with Gasteiger partial charge < -0.3 is 4.57 Å². The molecule has 5 nitrogen and oxygen atoms in total. The normalized spacial score (nSPS) is 11.1. The van der Waals surface area contributed by atoms with Gasteiger partial charge in [-0.2, -0.15) is 5.10 Å². The molecule has 0 bridgehead atoms. The van der Waals surface area contributed by atoms with E-state index in [9.17, 15) is 4.39 Å². The van der Waals surface area contributed by atoms with Crippen molar-refractivity contribution >= 4 is 23.4 Å². The van der Waals surface area contributed by atoms with E-state index in [0.29, 0.717) is 16.7 Å². The van der Waals surface area contributed by atoms with Crippen molar-refractivity contribution in [3.05, 3.63) is 76.8 Å². The average Bonchev–Trinajstić information content (AvgIpc) is 3.21. The molecule has 4 aromatic rings. The van der Waals surface area contributed by atoms with Gasteiger partial charge in [-0.15, -0.1) is 10.2 Å². The Morgan fingerprint density at radius 2 is 1.75 bits per heavy atom. The molecular weight excluding hydrogens is 397 g/mol. The Morgan fingerprint density at radius 3 is 2.46 bits per heavy atom. The zero-order chi connectivity index (χ0) is 19.7. The van der Waals surface area contributed by atoms with Crippen molar-refractivity contribution in [1.82, 2.24) is 24.5 Å². The van der Waals surface area contributed by atoms with Gasteiger partial charge in [-0.3, -0.25) is 0 Å². The molecule has 0 spiro atoms. The van der Waals surface area contributed by atoms with Crippen molar-refractivity contribution in [2.45, 2.75) is 17.8 Å². The van der Waals surface area contributed by atoms with E-state index < -0.39 is 0 Å². The molecule has 0 atom stereocenters. The number of aryl methyl sites for hydroxylation is 1. The Bertz CT molecular complexity index is 1110. The van der Waals surface area contributed by atoms with Crippen LogP contribution in [0.3, 0.4) is 0 Å². The Labute approximate surface area is 171 Å². The predicted molar refractivity (Wildman–Crippen MR) is 109 cm³/mol. The molecule has 8 heteroatoms. The summed E-state index contributed by atoms with van der Waals surface area (Å²) in [4.78, 5) is 0. The molecule has 2 aromatic heterocycles. The first-order chi connectivity index (χ1) is 13.5. The van der Waals surface area contributed by atoms with Gasteiger partial charge in [0, 0.05) is 23.9 Å². The number of para-hydroxylation sites is 1. The number of aromatic nitrogens is 5. The number of benzene rings is 2. The van der Waals surface area contributed by atoms with E-state index >= 15 is 0 Å². The molecule has 2 aromatic carbocycles. The van der Waals surface area contributed by atoms with Gasteiger partial charge in [0.25, 0.3) is 0 Å². The first-order valence-electron chi connectivity index (χ1n) is 8.62. The number of hydrogen-bond donors (Lipinski definition) is 0. The summed E-state index contributed by atoms with van der Waals surface area (Å²) in [5.41, 5.74) is 3.57. The van der Waals surface area contributed by atoms with E-state index in [2.05, 4.69) is 15.3 Å². The summed E-state index contributed by atoms with van der Waals surface area (Å²) in [5, 5.41) is 14.4. The lowest BCUT2D eigenvalue weighted by Crippen LogP contribution is -1.96. The van der Waals surface area contributed by atoms with Crippen molar-refractivity contribution in [2.24, 2.45) is 7.05 Å². The fourth-order valence-electron chi connectivity index (χ4n) is 2.86. The van der Waals surface area contributed by atoms with Crippen LogP contribution in [0.2, 0.25) is 5.15 Å². The lowest BCUT2D eigenvalue weighted by molar-refractivity contribution is 0.628. The molecule has 4 rings (SSSR count).